The first-order chi connectivity index (χ1) is 9.49. The van der Waals surface area contributed by atoms with Gasteiger partial charge in [0.2, 0.25) is 5.95 Å². The maximum absolute atomic E-state index is 11.6. The minimum atomic E-state index is -0.203. The maximum Gasteiger partial charge on any atom is 0.255 e. The lowest BCUT2D eigenvalue weighted by Gasteiger charge is -2.03. The van der Waals surface area contributed by atoms with Crippen molar-refractivity contribution in [3.05, 3.63) is 55.4 Å². The van der Waals surface area contributed by atoms with Crippen LogP contribution in [0.25, 0.3) is 0 Å². The fourth-order valence-electron chi connectivity index (χ4n) is 1.49. The van der Waals surface area contributed by atoms with Crippen LogP contribution in [0.3, 0.4) is 0 Å². The molecule has 1 heterocycles. The summed E-state index contributed by atoms with van der Waals surface area (Å²) in [5.74, 6) is 0.262. The van der Waals surface area contributed by atoms with Crippen LogP contribution in [0.5, 0.6) is 0 Å². The number of halogens is 2. The van der Waals surface area contributed by atoms with Crippen molar-refractivity contribution in [2.24, 2.45) is 5.10 Å². The molecule has 5 nitrogen and oxygen atoms in total. The van der Waals surface area contributed by atoms with Crippen molar-refractivity contribution in [2.75, 3.05) is 5.43 Å². The van der Waals surface area contributed by atoms with Gasteiger partial charge in [0.05, 0.1) is 16.3 Å². The molecule has 0 aliphatic rings. The number of H-pyrrole nitrogens is 1. The van der Waals surface area contributed by atoms with Gasteiger partial charge in [0.1, 0.15) is 0 Å². The Labute approximate surface area is 125 Å². The van der Waals surface area contributed by atoms with Gasteiger partial charge in [-0.3, -0.25) is 9.78 Å². The highest BCUT2D eigenvalue weighted by atomic mass is 35.5. The van der Waals surface area contributed by atoms with Gasteiger partial charge < -0.3 is 0 Å². The van der Waals surface area contributed by atoms with Gasteiger partial charge in [0.15, 0.2) is 0 Å². The number of nitrogens with zero attached hydrogens (tertiary/aromatic N) is 2. The van der Waals surface area contributed by atoms with Gasteiger partial charge in [-0.1, -0.05) is 29.3 Å². The zero-order valence-corrected chi connectivity index (χ0v) is 12.4. The van der Waals surface area contributed by atoms with Crippen LogP contribution < -0.4 is 11.0 Å². The molecule has 0 fully saturated rings. The second kappa shape index (κ2) is 6.07. The van der Waals surface area contributed by atoms with Gasteiger partial charge in [-0.25, -0.2) is 10.4 Å². The summed E-state index contributed by atoms with van der Waals surface area (Å²) < 4.78 is 0. The molecule has 2 N–H and O–H groups in total. The highest BCUT2D eigenvalue weighted by Gasteiger charge is 2.04. The Morgan fingerprint density at radius 1 is 1.30 bits per heavy atom. The fourth-order valence-corrected chi connectivity index (χ4v) is 1.99. The molecule has 0 radical (unpaired) electrons. The van der Waals surface area contributed by atoms with Gasteiger partial charge in [0.25, 0.3) is 5.56 Å². The summed E-state index contributed by atoms with van der Waals surface area (Å²) in [5, 5.41) is 4.95. The molecule has 0 unspecified atom stereocenters. The van der Waals surface area contributed by atoms with Crippen LogP contribution in [-0.4, -0.2) is 16.2 Å². The van der Waals surface area contributed by atoms with Gasteiger partial charge in [0, 0.05) is 16.8 Å². The first-order valence-corrected chi connectivity index (χ1v) is 6.55. The number of benzene rings is 1. The Bertz CT molecular complexity index is 705. The normalized spacial score (nSPS) is 11.0. The molecule has 104 valence electrons. The molecule has 1 aromatic carbocycles. The lowest BCUT2D eigenvalue weighted by atomic mass is 10.2. The lowest BCUT2D eigenvalue weighted by molar-refractivity contribution is 1.01. The summed E-state index contributed by atoms with van der Waals surface area (Å²) in [7, 11) is 0. The Morgan fingerprint density at radius 2 is 1.95 bits per heavy atom. The van der Waals surface area contributed by atoms with E-state index in [4.69, 9.17) is 23.2 Å². The van der Waals surface area contributed by atoms with E-state index in [2.05, 4.69) is 20.5 Å². The predicted molar refractivity (Wildman–Crippen MR) is 82.0 cm³/mol. The number of nitrogens with one attached hydrogen (secondary N) is 2. The predicted octanol–water partition coefficient (Wildman–Crippen LogP) is 3.14. The lowest BCUT2D eigenvalue weighted by Crippen LogP contribution is -2.15. The second-order valence-electron chi connectivity index (χ2n) is 4.13. The molecule has 20 heavy (non-hydrogen) atoms. The van der Waals surface area contributed by atoms with Crippen LogP contribution in [-0.2, 0) is 0 Å². The minimum Gasteiger partial charge on any atom is -0.291 e. The highest BCUT2D eigenvalue weighted by molar-refractivity contribution is 6.38. The summed E-state index contributed by atoms with van der Waals surface area (Å²) >= 11 is 12.0. The molecular weight excluding hydrogens is 299 g/mol. The molecule has 2 aromatic rings. The number of hydrogen-bond acceptors (Lipinski definition) is 4. The third-order valence-corrected chi connectivity index (χ3v) is 3.42. The van der Waals surface area contributed by atoms with E-state index in [0.29, 0.717) is 26.9 Å². The van der Waals surface area contributed by atoms with E-state index in [1.807, 2.05) is 0 Å². The molecule has 0 aliphatic carbocycles. The van der Waals surface area contributed by atoms with Gasteiger partial charge in [-0.15, -0.1) is 0 Å². The topological polar surface area (TPSA) is 70.1 Å². The zero-order chi connectivity index (χ0) is 14.7. The van der Waals surface area contributed by atoms with E-state index < -0.39 is 0 Å². The van der Waals surface area contributed by atoms with Crippen molar-refractivity contribution in [3.63, 3.8) is 0 Å². The van der Waals surface area contributed by atoms with Crippen LogP contribution >= 0.6 is 23.2 Å². The maximum atomic E-state index is 11.6. The van der Waals surface area contributed by atoms with Crippen molar-refractivity contribution < 1.29 is 0 Å². The summed E-state index contributed by atoms with van der Waals surface area (Å²) in [5.41, 5.74) is 4.25. The number of anilines is 1. The van der Waals surface area contributed by atoms with Crippen molar-refractivity contribution in [3.8, 4) is 0 Å². The summed E-state index contributed by atoms with van der Waals surface area (Å²) in [4.78, 5) is 18.3. The average molecular weight is 311 g/mol. The van der Waals surface area contributed by atoms with Crippen molar-refractivity contribution >= 4 is 35.4 Å². The van der Waals surface area contributed by atoms with E-state index in [-0.39, 0.29) is 11.5 Å². The average Bonchev–Trinajstić information content (AvgIpc) is 2.39. The molecular formula is C13H12Cl2N4O. The third-order valence-electron chi connectivity index (χ3n) is 2.76. The second-order valence-corrected chi connectivity index (χ2v) is 4.94. The Morgan fingerprint density at radius 3 is 2.55 bits per heavy atom. The van der Waals surface area contributed by atoms with Crippen LogP contribution in [0, 0.1) is 13.8 Å². The quantitative estimate of drug-likeness (QED) is 0.676. The van der Waals surface area contributed by atoms with Crippen LogP contribution in [0.15, 0.2) is 28.1 Å². The summed E-state index contributed by atoms with van der Waals surface area (Å²) in [6.45, 7) is 3.46. The number of aryl methyl sites for hydroxylation is 1. The van der Waals surface area contributed by atoms with Gasteiger partial charge in [-0.05, 0) is 26.0 Å². The largest absolute Gasteiger partial charge is 0.291 e. The van der Waals surface area contributed by atoms with Crippen LogP contribution in [0.2, 0.25) is 10.0 Å². The Kier molecular flexibility index (Phi) is 4.42. The number of rotatable bonds is 3. The Hall–Kier alpha value is -1.85. The molecule has 0 bridgehead atoms. The van der Waals surface area contributed by atoms with Gasteiger partial charge in [-0.2, -0.15) is 5.10 Å². The van der Waals surface area contributed by atoms with E-state index in [9.17, 15) is 4.79 Å². The number of aromatic amines is 1. The monoisotopic (exact) mass is 310 g/mol. The Balaban J connectivity index is 2.21. The number of hydrazone groups is 1. The van der Waals surface area contributed by atoms with E-state index in [1.165, 1.54) is 6.21 Å². The summed E-state index contributed by atoms with van der Waals surface area (Å²) in [6.07, 6.45) is 1.47. The van der Waals surface area contributed by atoms with Crippen LogP contribution in [0.1, 0.15) is 16.8 Å². The first-order valence-electron chi connectivity index (χ1n) is 5.79. The van der Waals surface area contributed by atoms with Crippen molar-refractivity contribution in [2.45, 2.75) is 13.8 Å². The molecule has 0 aliphatic heterocycles. The van der Waals surface area contributed by atoms with E-state index in [0.717, 1.165) is 0 Å². The standard InChI is InChI=1S/C13H12Cl2N4O/c1-7-8(2)17-13(18-12(7)20)19-16-6-9-10(14)4-3-5-11(9)15/h3-6H,1-2H3,(H2,17,18,19,20). The van der Waals surface area contributed by atoms with Crippen molar-refractivity contribution in [1.29, 1.82) is 0 Å². The molecule has 2 rings (SSSR count). The molecule has 0 atom stereocenters. The molecule has 0 saturated carbocycles. The molecule has 1 aromatic heterocycles. The SMILES string of the molecule is Cc1nc(NN=Cc2c(Cl)cccc2Cl)[nH]c(=O)c1C. The first kappa shape index (κ1) is 14.6. The van der Waals surface area contributed by atoms with Crippen LogP contribution in [0.4, 0.5) is 5.95 Å². The molecule has 0 saturated heterocycles. The number of hydrogen-bond donors (Lipinski definition) is 2. The molecule has 7 heteroatoms. The summed E-state index contributed by atoms with van der Waals surface area (Å²) in [6, 6.07) is 5.17. The van der Waals surface area contributed by atoms with E-state index in [1.54, 1.807) is 32.0 Å². The molecule has 0 spiro atoms. The third kappa shape index (κ3) is 3.18. The number of aromatic nitrogens is 2. The highest BCUT2D eigenvalue weighted by Crippen LogP contribution is 2.22. The zero-order valence-electron chi connectivity index (χ0n) is 10.9. The fraction of sp³-hybridized carbons (Fsp3) is 0.154. The van der Waals surface area contributed by atoms with Gasteiger partial charge >= 0.3 is 0 Å². The smallest absolute Gasteiger partial charge is 0.255 e. The minimum absolute atomic E-state index is 0.203. The van der Waals surface area contributed by atoms with E-state index >= 15 is 0 Å². The van der Waals surface area contributed by atoms with Crippen molar-refractivity contribution in [1.82, 2.24) is 9.97 Å². The molecule has 0 amide bonds.